The Hall–Kier alpha value is -0.960. The van der Waals surface area contributed by atoms with E-state index < -0.39 is 0 Å². The molecule has 0 spiro atoms. The molecule has 0 radical (unpaired) electrons. The summed E-state index contributed by atoms with van der Waals surface area (Å²) >= 11 is 0. The number of furan rings is 1. The molecule has 1 fully saturated rings. The van der Waals surface area contributed by atoms with Crippen molar-refractivity contribution in [3.05, 3.63) is 17.9 Å². The topological polar surface area (TPSA) is 51.2 Å². The van der Waals surface area contributed by atoms with Crippen molar-refractivity contribution in [3.63, 3.8) is 0 Å². The summed E-state index contributed by atoms with van der Waals surface area (Å²) in [7, 11) is 0. The fourth-order valence-electron chi connectivity index (χ4n) is 2.04. The predicted molar refractivity (Wildman–Crippen MR) is 56.8 cm³/mol. The van der Waals surface area contributed by atoms with Crippen molar-refractivity contribution >= 4 is 5.88 Å². The lowest BCUT2D eigenvalue weighted by atomic mass is 9.95. The maximum atomic E-state index is 5.49. The van der Waals surface area contributed by atoms with Crippen molar-refractivity contribution in [1.29, 1.82) is 0 Å². The van der Waals surface area contributed by atoms with Crippen molar-refractivity contribution in [2.45, 2.75) is 44.7 Å². The first-order chi connectivity index (χ1) is 6.84. The van der Waals surface area contributed by atoms with Gasteiger partial charge in [0.1, 0.15) is 5.76 Å². The molecule has 1 aromatic heterocycles. The molecule has 0 bridgehead atoms. The van der Waals surface area contributed by atoms with Crippen LogP contribution in [0.4, 0.5) is 5.88 Å². The standard InChI is InChI=1S/C11H18N2O/c12-11-7-6-10(14-11)8-13-9-4-2-1-3-5-9/h6-7,9,13H,1-5,8,12H2. The molecule has 1 aromatic rings. The van der Waals surface area contributed by atoms with Crippen LogP contribution in [0.25, 0.3) is 0 Å². The molecule has 0 aliphatic heterocycles. The summed E-state index contributed by atoms with van der Waals surface area (Å²) in [6, 6.07) is 4.42. The molecule has 1 heterocycles. The van der Waals surface area contributed by atoms with Crippen molar-refractivity contribution < 1.29 is 4.42 Å². The predicted octanol–water partition coefficient (Wildman–Crippen LogP) is 2.28. The third kappa shape index (κ3) is 2.51. The van der Waals surface area contributed by atoms with Crippen molar-refractivity contribution in [1.82, 2.24) is 5.32 Å². The van der Waals surface area contributed by atoms with Crippen LogP contribution in [0.2, 0.25) is 0 Å². The molecule has 1 aliphatic rings. The Morgan fingerprint density at radius 1 is 1.29 bits per heavy atom. The second kappa shape index (κ2) is 4.51. The lowest BCUT2D eigenvalue weighted by Crippen LogP contribution is -2.30. The Labute approximate surface area is 84.7 Å². The molecule has 14 heavy (non-hydrogen) atoms. The Kier molecular flexibility index (Phi) is 3.09. The zero-order valence-electron chi connectivity index (χ0n) is 8.46. The van der Waals surface area contributed by atoms with Crippen LogP contribution < -0.4 is 11.1 Å². The highest BCUT2D eigenvalue weighted by atomic mass is 16.4. The Morgan fingerprint density at radius 2 is 2.07 bits per heavy atom. The summed E-state index contributed by atoms with van der Waals surface area (Å²) in [5.74, 6) is 1.44. The van der Waals surface area contributed by atoms with Gasteiger partial charge < -0.3 is 15.5 Å². The molecule has 0 atom stereocenters. The molecule has 0 aromatic carbocycles. The Bertz CT molecular complexity index is 277. The maximum absolute atomic E-state index is 5.49. The highest BCUT2D eigenvalue weighted by Gasteiger charge is 2.12. The molecule has 0 unspecified atom stereocenters. The minimum atomic E-state index is 0.505. The fraction of sp³-hybridized carbons (Fsp3) is 0.636. The van der Waals surface area contributed by atoms with Gasteiger partial charge >= 0.3 is 0 Å². The number of hydrogen-bond acceptors (Lipinski definition) is 3. The molecule has 0 saturated heterocycles. The number of nitrogen functional groups attached to an aromatic ring is 1. The first-order valence-electron chi connectivity index (χ1n) is 5.42. The van der Waals surface area contributed by atoms with E-state index in [1.165, 1.54) is 32.1 Å². The molecule has 3 N–H and O–H groups in total. The molecule has 3 nitrogen and oxygen atoms in total. The zero-order chi connectivity index (χ0) is 9.80. The Balaban J connectivity index is 1.76. The monoisotopic (exact) mass is 194 g/mol. The van der Waals surface area contributed by atoms with Crippen LogP contribution in [-0.2, 0) is 6.54 Å². The average Bonchev–Trinajstić information content (AvgIpc) is 2.63. The van der Waals surface area contributed by atoms with Gasteiger partial charge in [-0.3, -0.25) is 0 Å². The van der Waals surface area contributed by atoms with E-state index in [0.717, 1.165) is 12.3 Å². The van der Waals surface area contributed by atoms with Crippen LogP contribution >= 0.6 is 0 Å². The van der Waals surface area contributed by atoms with Crippen molar-refractivity contribution in [3.8, 4) is 0 Å². The Morgan fingerprint density at radius 3 is 2.71 bits per heavy atom. The van der Waals surface area contributed by atoms with E-state index in [-0.39, 0.29) is 0 Å². The van der Waals surface area contributed by atoms with E-state index in [9.17, 15) is 0 Å². The van der Waals surface area contributed by atoms with Crippen LogP contribution in [0, 0.1) is 0 Å². The smallest absolute Gasteiger partial charge is 0.190 e. The van der Waals surface area contributed by atoms with Gasteiger partial charge in [0, 0.05) is 12.1 Å². The summed E-state index contributed by atoms with van der Waals surface area (Å²) in [6.45, 7) is 0.807. The minimum absolute atomic E-state index is 0.505. The van der Waals surface area contributed by atoms with Crippen molar-refractivity contribution in [2.24, 2.45) is 0 Å². The van der Waals surface area contributed by atoms with Gasteiger partial charge in [-0.1, -0.05) is 19.3 Å². The molecule has 0 amide bonds. The number of nitrogens with two attached hydrogens (primary N) is 1. The first kappa shape index (κ1) is 9.59. The van der Waals surface area contributed by atoms with Gasteiger partial charge in [-0.2, -0.15) is 0 Å². The molecular formula is C11H18N2O. The highest BCUT2D eigenvalue weighted by Crippen LogP contribution is 2.18. The van der Waals surface area contributed by atoms with Gasteiger partial charge in [0.05, 0.1) is 6.54 Å². The van der Waals surface area contributed by atoms with Gasteiger partial charge in [0.15, 0.2) is 5.88 Å². The zero-order valence-corrected chi connectivity index (χ0v) is 8.46. The molecule has 3 heteroatoms. The second-order valence-electron chi connectivity index (χ2n) is 4.02. The van der Waals surface area contributed by atoms with Crippen LogP contribution in [0.3, 0.4) is 0 Å². The number of nitrogens with one attached hydrogen (secondary N) is 1. The third-order valence-corrected chi connectivity index (χ3v) is 2.85. The first-order valence-corrected chi connectivity index (χ1v) is 5.42. The van der Waals surface area contributed by atoms with Crippen LogP contribution in [0.5, 0.6) is 0 Å². The van der Waals surface area contributed by atoms with Gasteiger partial charge in [-0.05, 0) is 18.9 Å². The lowest BCUT2D eigenvalue weighted by Gasteiger charge is -2.22. The van der Waals surface area contributed by atoms with Gasteiger partial charge in [0.25, 0.3) is 0 Å². The summed E-state index contributed by atoms with van der Waals surface area (Å²) in [5.41, 5.74) is 5.49. The lowest BCUT2D eigenvalue weighted by molar-refractivity contribution is 0.358. The molecule has 2 rings (SSSR count). The molecule has 78 valence electrons. The number of rotatable bonds is 3. The minimum Gasteiger partial charge on any atom is -0.445 e. The van der Waals surface area contributed by atoms with E-state index in [2.05, 4.69) is 5.32 Å². The third-order valence-electron chi connectivity index (χ3n) is 2.85. The SMILES string of the molecule is Nc1ccc(CNC2CCCCC2)o1. The van der Waals surface area contributed by atoms with E-state index >= 15 is 0 Å². The molecular weight excluding hydrogens is 176 g/mol. The number of hydrogen-bond donors (Lipinski definition) is 2. The summed E-state index contributed by atoms with van der Waals surface area (Å²) in [6.07, 6.45) is 6.72. The quantitative estimate of drug-likeness (QED) is 0.776. The molecule has 1 aliphatic carbocycles. The van der Waals surface area contributed by atoms with Crippen molar-refractivity contribution in [2.75, 3.05) is 5.73 Å². The maximum Gasteiger partial charge on any atom is 0.190 e. The van der Waals surface area contributed by atoms with Gasteiger partial charge in [-0.25, -0.2) is 0 Å². The van der Waals surface area contributed by atoms with Crippen LogP contribution in [0.15, 0.2) is 16.5 Å². The largest absolute Gasteiger partial charge is 0.445 e. The summed E-state index contributed by atoms with van der Waals surface area (Å²) in [5, 5.41) is 3.50. The summed E-state index contributed by atoms with van der Waals surface area (Å²) < 4.78 is 5.29. The normalized spacial score (nSPS) is 18.6. The van der Waals surface area contributed by atoms with E-state index in [1.54, 1.807) is 6.07 Å². The van der Waals surface area contributed by atoms with E-state index in [1.807, 2.05) is 6.07 Å². The average molecular weight is 194 g/mol. The van der Waals surface area contributed by atoms with Crippen LogP contribution in [0.1, 0.15) is 37.9 Å². The highest BCUT2D eigenvalue weighted by molar-refractivity contribution is 5.25. The molecule has 1 saturated carbocycles. The van der Waals surface area contributed by atoms with E-state index in [4.69, 9.17) is 10.2 Å². The fourth-order valence-corrected chi connectivity index (χ4v) is 2.04. The van der Waals surface area contributed by atoms with Crippen LogP contribution in [-0.4, -0.2) is 6.04 Å². The summed E-state index contributed by atoms with van der Waals surface area (Å²) in [4.78, 5) is 0. The van der Waals surface area contributed by atoms with E-state index in [0.29, 0.717) is 11.9 Å². The number of anilines is 1. The van der Waals surface area contributed by atoms with Gasteiger partial charge in [-0.15, -0.1) is 0 Å². The second-order valence-corrected chi connectivity index (χ2v) is 4.02. The van der Waals surface area contributed by atoms with Gasteiger partial charge in [0.2, 0.25) is 0 Å².